The average Bonchev–Trinajstić information content (AvgIpc) is 3.07. The first-order valence-corrected chi connectivity index (χ1v) is 11.3. The van der Waals surface area contributed by atoms with Crippen molar-refractivity contribution in [1.29, 1.82) is 0 Å². The summed E-state index contributed by atoms with van der Waals surface area (Å²) in [6.45, 7) is 4.68. The Morgan fingerprint density at radius 2 is 1.35 bits per heavy atom. The van der Waals surface area contributed by atoms with Crippen molar-refractivity contribution in [1.82, 2.24) is 0 Å². The maximum atomic E-state index is 2.34. The van der Waals surface area contributed by atoms with Crippen LogP contribution >= 0.6 is 7.92 Å². The highest BCUT2D eigenvalue weighted by Crippen LogP contribution is 2.66. The van der Waals surface area contributed by atoms with Gasteiger partial charge in [0.15, 0.2) is 0 Å². The van der Waals surface area contributed by atoms with Gasteiger partial charge in [0.1, 0.15) is 0 Å². The van der Waals surface area contributed by atoms with Gasteiger partial charge in [0.25, 0.3) is 0 Å². The predicted octanol–water partition coefficient (Wildman–Crippen LogP) is 6.96. The van der Waals surface area contributed by atoms with E-state index in [-0.39, 0.29) is 0 Å². The van der Waals surface area contributed by atoms with Gasteiger partial charge in [0.05, 0.1) is 0 Å². The Hall–Kier alpha value is 0.430. The van der Waals surface area contributed by atoms with Gasteiger partial charge in [-0.05, 0) is 68.3 Å². The minimum Gasteiger partial charge on any atom is -0.100 e. The molecular formula is C19H37P. The second-order valence-electron chi connectivity index (χ2n) is 7.48. The summed E-state index contributed by atoms with van der Waals surface area (Å²) in [5.41, 5.74) is 0. The van der Waals surface area contributed by atoms with Crippen molar-refractivity contribution in [2.75, 3.05) is 12.3 Å². The largest absolute Gasteiger partial charge is 0.100 e. The fourth-order valence-electron chi connectivity index (χ4n) is 4.65. The predicted molar refractivity (Wildman–Crippen MR) is 94.2 cm³/mol. The molecule has 1 heteroatoms. The first-order chi connectivity index (χ1) is 9.80. The average molecular weight is 296 g/mol. The van der Waals surface area contributed by atoms with E-state index in [1.807, 2.05) is 0 Å². The molecule has 0 saturated heterocycles. The van der Waals surface area contributed by atoms with Crippen LogP contribution in [0.5, 0.6) is 0 Å². The van der Waals surface area contributed by atoms with E-state index in [1.54, 1.807) is 57.3 Å². The molecule has 0 amide bonds. The lowest BCUT2D eigenvalue weighted by atomic mass is 10.0. The van der Waals surface area contributed by atoms with Gasteiger partial charge in [-0.15, -0.1) is 7.92 Å². The lowest BCUT2D eigenvalue weighted by Gasteiger charge is -2.37. The second-order valence-corrected chi connectivity index (χ2v) is 10.4. The monoisotopic (exact) mass is 296 g/mol. The Kier molecular flexibility index (Phi) is 7.37. The normalized spacial score (nSPS) is 28.6. The highest BCUT2D eigenvalue weighted by atomic mass is 31.1. The van der Waals surface area contributed by atoms with E-state index < -0.39 is 0 Å². The zero-order valence-corrected chi connectivity index (χ0v) is 15.0. The zero-order chi connectivity index (χ0) is 14.3. The van der Waals surface area contributed by atoms with Crippen molar-refractivity contribution in [3.8, 4) is 0 Å². The van der Waals surface area contributed by atoms with Crippen LogP contribution in [-0.4, -0.2) is 17.5 Å². The van der Waals surface area contributed by atoms with Crippen LogP contribution in [0.1, 0.15) is 97.3 Å². The van der Waals surface area contributed by atoms with Gasteiger partial charge >= 0.3 is 0 Å². The number of fused-ring (bicyclic) bond motifs is 2. The quantitative estimate of drug-likeness (QED) is 0.285. The number of unbranched alkanes of at least 4 members (excludes halogenated alkanes) is 6. The zero-order valence-electron chi connectivity index (χ0n) is 14.1. The molecule has 0 spiro atoms. The molecular weight excluding hydrogens is 259 g/mol. The molecule has 0 aromatic rings. The fraction of sp³-hybridized carbons (Fsp3) is 1.00. The molecule has 0 aromatic heterocycles. The summed E-state index contributed by atoms with van der Waals surface area (Å²) in [5, 5.41) is 0.887. The lowest BCUT2D eigenvalue weighted by molar-refractivity contribution is 0.495. The summed E-state index contributed by atoms with van der Waals surface area (Å²) in [4.78, 5) is 0. The molecule has 0 N–H and O–H groups in total. The third-order valence-electron chi connectivity index (χ3n) is 5.94. The molecule has 0 unspecified atom stereocenters. The molecule has 2 aliphatic carbocycles. The molecule has 118 valence electrons. The Morgan fingerprint density at radius 1 is 0.800 bits per heavy atom. The fourth-order valence-corrected chi connectivity index (χ4v) is 8.44. The molecule has 20 heavy (non-hydrogen) atoms. The highest BCUT2D eigenvalue weighted by Gasteiger charge is 2.48. The van der Waals surface area contributed by atoms with Gasteiger partial charge in [0.2, 0.25) is 0 Å². The minimum atomic E-state index is 0.362. The van der Waals surface area contributed by atoms with Crippen molar-refractivity contribution in [3.63, 3.8) is 0 Å². The number of rotatable bonds is 11. The first-order valence-electron chi connectivity index (χ1n) is 9.56. The first kappa shape index (κ1) is 16.8. The van der Waals surface area contributed by atoms with Crippen LogP contribution in [0.15, 0.2) is 0 Å². The molecule has 2 saturated carbocycles. The van der Waals surface area contributed by atoms with E-state index in [0.717, 1.165) is 11.1 Å². The van der Waals surface area contributed by atoms with Crippen LogP contribution in [0.2, 0.25) is 0 Å². The van der Waals surface area contributed by atoms with Crippen molar-refractivity contribution in [3.05, 3.63) is 0 Å². The van der Waals surface area contributed by atoms with Crippen LogP contribution in [0.3, 0.4) is 0 Å². The van der Waals surface area contributed by atoms with Crippen LogP contribution in [-0.2, 0) is 0 Å². The minimum absolute atomic E-state index is 0.362. The molecule has 0 aliphatic heterocycles. The van der Waals surface area contributed by atoms with E-state index in [9.17, 15) is 0 Å². The van der Waals surface area contributed by atoms with E-state index >= 15 is 0 Å². The van der Waals surface area contributed by atoms with Crippen molar-refractivity contribution in [2.45, 2.75) is 102 Å². The molecule has 0 atom stereocenters. The van der Waals surface area contributed by atoms with Crippen LogP contribution in [0.4, 0.5) is 0 Å². The van der Waals surface area contributed by atoms with E-state index in [0.29, 0.717) is 7.92 Å². The number of hydrogen-bond acceptors (Lipinski definition) is 0. The van der Waals surface area contributed by atoms with Crippen molar-refractivity contribution < 1.29 is 0 Å². The lowest BCUT2D eigenvalue weighted by Crippen LogP contribution is -2.23. The van der Waals surface area contributed by atoms with Gasteiger partial charge in [-0.3, -0.25) is 0 Å². The summed E-state index contributed by atoms with van der Waals surface area (Å²) in [7, 11) is 0.362. The number of hydrogen-bond donors (Lipinski definition) is 0. The van der Waals surface area contributed by atoms with E-state index in [4.69, 9.17) is 0 Å². The van der Waals surface area contributed by atoms with Gasteiger partial charge in [0, 0.05) is 0 Å². The highest BCUT2D eigenvalue weighted by molar-refractivity contribution is 7.59. The molecule has 0 heterocycles. The summed E-state index contributed by atoms with van der Waals surface area (Å²) in [6.07, 6.45) is 23.1. The second kappa shape index (κ2) is 8.77. The third kappa shape index (κ3) is 4.46. The van der Waals surface area contributed by atoms with Gasteiger partial charge in [-0.1, -0.05) is 52.4 Å². The van der Waals surface area contributed by atoms with E-state index in [1.165, 1.54) is 38.5 Å². The Labute approximate surface area is 129 Å². The maximum Gasteiger partial charge on any atom is -0.00916 e. The Balaban J connectivity index is 1.79. The Bertz CT molecular complexity index is 240. The van der Waals surface area contributed by atoms with Gasteiger partial charge < -0.3 is 0 Å². The maximum absolute atomic E-state index is 2.34. The molecule has 0 nitrogen and oxygen atoms in total. The van der Waals surface area contributed by atoms with Crippen LogP contribution < -0.4 is 0 Å². The summed E-state index contributed by atoms with van der Waals surface area (Å²) in [5.74, 6) is 1.14. The third-order valence-corrected chi connectivity index (χ3v) is 9.62. The van der Waals surface area contributed by atoms with Gasteiger partial charge in [-0.25, -0.2) is 0 Å². The SMILES string of the molecule is CCCCCCP(CCCCCC)C12CCC(CC1)C2. The van der Waals surface area contributed by atoms with Gasteiger partial charge in [-0.2, -0.15) is 0 Å². The summed E-state index contributed by atoms with van der Waals surface area (Å²) >= 11 is 0. The van der Waals surface area contributed by atoms with Crippen LogP contribution in [0.25, 0.3) is 0 Å². The molecule has 2 bridgehead atoms. The topological polar surface area (TPSA) is 0 Å². The van der Waals surface area contributed by atoms with Crippen LogP contribution in [0, 0.1) is 5.92 Å². The van der Waals surface area contributed by atoms with E-state index in [2.05, 4.69) is 13.8 Å². The molecule has 0 radical (unpaired) electrons. The molecule has 2 aliphatic rings. The summed E-state index contributed by atoms with van der Waals surface area (Å²) in [6, 6.07) is 0. The van der Waals surface area contributed by atoms with Crippen molar-refractivity contribution in [2.24, 2.45) is 5.92 Å². The smallest absolute Gasteiger partial charge is 0.00916 e. The molecule has 2 rings (SSSR count). The summed E-state index contributed by atoms with van der Waals surface area (Å²) < 4.78 is 0. The Morgan fingerprint density at radius 3 is 1.75 bits per heavy atom. The van der Waals surface area contributed by atoms with Crippen molar-refractivity contribution >= 4 is 7.92 Å². The molecule has 0 aromatic carbocycles. The molecule has 2 fully saturated rings. The standard InChI is InChI=1S/C19H37P/c1-3-5-7-9-15-20(16-10-8-6-4-2)19-13-11-18(17-19)12-14-19/h18H,3-17H2,1-2H3.